The highest BCUT2D eigenvalue weighted by molar-refractivity contribution is 5.80. The third kappa shape index (κ3) is 3.66. The van der Waals surface area contributed by atoms with E-state index in [1.165, 1.54) is 7.11 Å². The number of likely N-dealkylation sites (N-methyl/N-ethyl adjacent to an activating group) is 1. The average Bonchev–Trinajstić information content (AvgIpc) is 2.38. The summed E-state index contributed by atoms with van der Waals surface area (Å²) in [7, 11) is 4.97. The van der Waals surface area contributed by atoms with Gasteiger partial charge in [0.15, 0.2) is 0 Å². The van der Waals surface area contributed by atoms with Crippen molar-refractivity contribution in [3.63, 3.8) is 0 Å². The lowest BCUT2D eigenvalue weighted by Crippen LogP contribution is -2.57. The molecule has 5 nitrogen and oxygen atoms in total. The summed E-state index contributed by atoms with van der Waals surface area (Å²) in [6.45, 7) is 4.48. The van der Waals surface area contributed by atoms with Gasteiger partial charge in [0.1, 0.15) is 5.54 Å². The van der Waals surface area contributed by atoms with Crippen molar-refractivity contribution in [2.45, 2.75) is 31.4 Å². The van der Waals surface area contributed by atoms with Crippen LogP contribution in [0.5, 0.6) is 0 Å². The minimum absolute atomic E-state index is 0.214. The molecule has 0 aromatic rings. The van der Waals surface area contributed by atoms with Crippen molar-refractivity contribution in [3.8, 4) is 0 Å². The highest BCUT2D eigenvalue weighted by atomic mass is 16.5. The van der Waals surface area contributed by atoms with Gasteiger partial charge in [-0.15, -0.1) is 0 Å². The molecule has 1 aliphatic rings. The Morgan fingerprint density at radius 2 is 2.00 bits per heavy atom. The lowest BCUT2D eigenvalue weighted by molar-refractivity contribution is -0.148. The molecule has 1 heterocycles. The molecule has 0 bridgehead atoms. The highest BCUT2D eigenvalue weighted by Gasteiger charge is 2.35. The normalized spacial score (nSPS) is 22.1. The molecule has 0 aromatic heterocycles. The zero-order chi connectivity index (χ0) is 12.9. The van der Waals surface area contributed by atoms with Crippen LogP contribution < -0.4 is 5.32 Å². The predicted molar refractivity (Wildman–Crippen MR) is 66.0 cm³/mol. The van der Waals surface area contributed by atoms with E-state index in [0.29, 0.717) is 12.6 Å². The predicted octanol–water partition coefficient (Wildman–Crippen LogP) is 0.248. The summed E-state index contributed by atoms with van der Waals surface area (Å²) < 4.78 is 10.2. The number of methoxy groups -OCH3 is 2. The third-order valence-corrected chi connectivity index (χ3v) is 3.60. The van der Waals surface area contributed by atoms with Gasteiger partial charge in [-0.3, -0.25) is 4.79 Å². The number of hydrogen-bond acceptors (Lipinski definition) is 5. The molecule has 1 atom stereocenters. The highest BCUT2D eigenvalue weighted by Crippen LogP contribution is 2.16. The van der Waals surface area contributed by atoms with Crippen molar-refractivity contribution in [2.75, 3.05) is 40.9 Å². The molecule has 1 N–H and O–H groups in total. The van der Waals surface area contributed by atoms with E-state index in [4.69, 9.17) is 9.47 Å². The van der Waals surface area contributed by atoms with Gasteiger partial charge < -0.3 is 19.7 Å². The van der Waals surface area contributed by atoms with E-state index in [-0.39, 0.29) is 5.97 Å². The molecule has 100 valence electrons. The summed E-state index contributed by atoms with van der Waals surface area (Å²) in [4.78, 5) is 14.0. The molecule has 0 amide bonds. The van der Waals surface area contributed by atoms with Crippen molar-refractivity contribution < 1.29 is 14.3 Å². The van der Waals surface area contributed by atoms with Crippen LogP contribution >= 0.6 is 0 Å². The van der Waals surface area contributed by atoms with Crippen LogP contribution in [-0.2, 0) is 14.3 Å². The van der Waals surface area contributed by atoms with E-state index < -0.39 is 5.54 Å². The van der Waals surface area contributed by atoms with Crippen LogP contribution in [0, 0.1) is 0 Å². The van der Waals surface area contributed by atoms with Crippen LogP contribution in [0.15, 0.2) is 0 Å². The summed E-state index contributed by atoms with van der Waals surface area (Å²) in [5, 5.41) is 3.05. The summed E-state index contributed by atoms with van der Waals surface area (Å²) >= 11 is 0. The Hall–Kier alpha value is -0.650. The Labute approximate surface area is 103 Å². The smallest absolute Gasteiger partial charge is 0.327 e. The molecule has 1 aliphatic heterocycles. The van der Waals surface area contributed by atoms with E-state index in [9.17, 15) is 4.79 Å². The maximum atomic E-state index is 11.7. The zero-order valence-corrected chi connectivity index (χ0v) is 11.3. The fourth-order valence-corrected chi connectivity index (χ4v) is 2.22. The number of esters is 1. The van der Waals surface area contributed by atoms with Crippen molar-refractivity contribution in [3.05, 3.63) is 0 Å². The first-order valence-electron chi connectivity index (χ1n) is 6.08. The summed E-state index contributed by atoms with van der Waals surface area (Å²) in [6, 6.07) is 0. The fourth-order valence-electron chi connectivity index (χ4n) is 2.22. The molecule has 0 aliphatic carbocycles. The largest absolute Gasteiger partial charge is 0.468 e. The number of carbonyl (C=O) groups excluding carboxylic acids is 1. The monoisotopic (exact) mass is 244 g/mol. The Bertz CT molecular complexity index is 252. The second kappa shape index (κ2) is 6.33. The standard InChI is InChI=1S/C12H24N2O3/c1-12(13-2,11(15)17-4)9-14-7-5-10(16-3)6-8-14/h10,13H,5-9H2,1-4H3. The number of hydrogen-bond donors (Lipinski definition) is 1. The lowest BCUT2D eigenvalue weighted by atomic mass is 9.99. The molecule has 0 aromatic carbocycles. The van der Waals surface area contributed by atoms with Crippen molar-refractivity contribution >= 4 is 5.97 Å². The molecular weight excluding hydrogens is 220 g/mol. The van der Waals surface area contributed by atoms with Gasteiger partial charge in [0.05, 0.1) is 13.2 Å². The van der Waals surface area contributed by atoms with Crippen LogP contribution in [0.1, 0.15) is 19.8 Å². The Balaban J connectivity index is 2.50. The van der Waals surface area contributed by atoms with Gasteiger partial charge in [0, 0.05) is 26.7 Å². The van der Waals surface area contributed by atoms with Gasteiger partial charge in [0.2, 0.25) is 0 Å². The van der Waals surface area contributed by atoms with Crippen molar-refractivity contribution in [1.82, 2.24) is 10.2 Å². The minimum Gasteiger partial charge on any atom is -0.468 e. The van der Waals surface area contributed by atoms with Gasteiger partial charge in [-0.05, 0) is 26.8 Å². The molecule has 0 spiro atoms. The number of piperidine rings is 1. The van der Waals surface area contributed by atoms with Crippen LogP contribution in [0.25, 0.3) is 0 Å². The number of nitrogens with one attached hydrogen (secondary N) is 1. The van der Waals surface area contributed by atoms with E-state index in [1.54, 1.807) is 14.2 Å². The van der Waals surface area contributed by atoms with E-state index in [1.807, 2.05) is 6.92 Å². The number of nitrogens with zero attached hydrogens (tertiary/aromatic N) is 1. The summed E-state index contributed by atoms with van der Waals surface area (Å²) in [6.07, 6.45) is 2.42. The zero-order valence-electron chi connectivity index (χ0n) is 11.3. The van der Waals surface area contributed by atoms with E-state index >= 15 is 0 Å². The molecular formula is C12H24N2O3. The minimum atomic E-state index is -0.630. The Kier molecular flexibility index (Phi) is 5.36. The average molecular weight is 244 g/mol. The van der Waals surface area contributed by atoms with Crippen molar-refractivity contribution in [2.24, 2.45) is 0 Å². The molecule has 1 saturated heterocycles. The van der Waals surface area contributed by atoms with Crippen LogP contribution in [0.4, 0.5) is 0 Å². The number of ether oxygens (including phenoxy) is 2. The second-order valence-electron chi connectivity index (χ2n) is 4.78. The van der Waals surface area contributed by atoms with E-state index in [0.717, 1.165) is 25.9 Å². The molecule has 0 radical (unpaired) electrons. The maximum absolute atomic E-state index is 11.7. The van der Waals surface area contributed by atoms with Gasteiger partial charge in [0.25, 0.3) is 0 Å². The van der Waals surface area contributed by atoms with Gasteiger partial charge in [-0.1, -0.05) is 0 Å². The molecule has 1 fully saturated rings. The topological polar surface area (TPSA) is 50.8 Å². The quantitative estimate of drug-likeness (QED) is 0.703. The lowest BCUT2D eigenvalue weighted by Gasteiger charge is -2.37. The first-order valence-corrected chi connectivity index (χ1v) is 6.08. The molecule has 0 saturated carbocycles. The van der Waals surface area contributed by atoms with Gasteiger partial charge in [-0.2, -0.15) is 0 Å². The number of likely N-dealkylation sites (tertiary alicyclic amines) is 1. The first kappa shape index (κ1) is 14.4. The van der Waals surface area contributed by atoms with Crippen LogP contribution in [0.2, 0.25) is 0 Å². The summed E-state index contributed by atoms with van der Waals surface area (Å²) in [5.41, 5.74) is -0.630. The molecule has 1 unspecified atom stereocenters. The number of rotatable bonds is 5. The fraction of sp³-hybridized carbons (Fsp3) is 0.917. The number of carbonyl (C=O) groups is 1. The third-order valence-electron chi connectivity index (χ3n) is 3.60. The van der Waals surface area contributed by atoms with Gasteiger partial charge in [-0.25, -0.2) is 0 Å². The Morgan fingerprint density at radius 3 is 2.41 bits per heavy atom. The molecule has 17 heavy (non-hydrogen) atoms. The molecule has 5 heteroatoms. The van der Waals surface area contributed by atoms with Crippen molar-refractivity contribution in [1.29, 1.82) is 0 Å². The molecule has 1 rings (SSSR count). The second-order valence-corrected chi connectivity index (χ2v) is 4.78. The first-order chi connectivity index (χ1) is 8.05. The van der Waals surface area contributed by atoms with Crippen LogP contribution in [0.3, 0.4) is 0 Å². The van der Waals surface area contributed by atoms with E-state index in [2.05, 4.69) is 10.2 Å². The van der Waals surface area contributed by atoms with Gasteiger partial charge >= 0.3 is 5.97 Å². The Morgan fingerprint density at radius 1 is 1.41 bits per heavy atom. The van der Waals surface area contributed by atoms with Crippen LogP contribution in [-0.4, -0.2) is 63.4 Å². The SMILES string of the molecule is CNC(C)(CN1CCC(OC)CC1)C(=O)OC. The maximum Gasteiger partial charge on any atom is 0.327 e. The summed E-state index contributed by atoms with van der Waals surface area (Å²) in [5.74, 6) is -0.214.